The van der Waals surface area contributed by atoms with Gasteiger partial charge in [-0.1, -0.05) is 19.8 Å². The molecule has 0 bridgehead atoms. The SMILES string of the molecule is CCNCCCCCCN1C(=O)NCC1C. The van der Waals surface area contributed by atoms with E-state index < -0.39 is 0 Å². The fourth-order valence-corrected chi connectivity index (χ4v) is 2.03. The molecule has 1 heterocycles. The van der Waals surface area contributed by atoms with Gasteiger partial charge in [0.05, 0.1) is 0 Å². The third kappa shape index (κ3) is 4.39. The maximum absolute atomic E-state index is 11.4. The Kier molecular flexibility index (Phi) is 6.23. The van der Waals surface area contributed by atoms with Gasteiger partial charge >= 0.3 is 6.03 Å². The monoisotopic (exact) mass is 227 g/mol. The van der Waals surface area contributed by atoms with Gasteiger partial charge in [0.2, 0.25) is 0 Å². The smallest absolute Gasteiger partial charge is 0.317 e. The highest BCUT2D eigenvalue weighted by Crippen LogP contribution is 2.09. The molecule has 0 aromatic rings. The van der Waals surface area contributed by atoms with E-state index in [4.69, 9.17) is 0 Å². The summed E-state index contributed by atoms with van der Waals surface area (Å²) in [5, 5.41) is 6.19. The van der Waals surface area contributed by atoms with Crippen LogP contribution in [-0.2, 0) is 0 Å². The Labute approximate surface area is 98.8 Å². The van der Waals surface area contributed by atoms with Crippen molar-refractivity contribution in [1.82, 2.24) is 15.5 Å². The fraction of sp³-hybridized carbons (Fsp3) is 0.917. The van der Waals surface area contributed by atoms with Crippen LogP contribution in [0.2, 0.25) is 0 Å². The molecule has 1 unspecified atom stereocenters. The lowest BCUT2D eigenvalue weighted by molar-refractivity contribution is 0.205. The maximum atomic E-state index is 11.4. The van der Waals surface area contributed by atoms with Crippen molar-refractivity contribution in [3.8, 4) is 0 Å². The number of urea groups is 1. The molecule has 1 aliphatic rings. The highest BCUT2D eigenvalue weighted by molar-refractivity contribution is 5.76. The minimum Gasteiger partial charge on any atom is -0.336 e. The summed E-state index contributed by atoms with van der Waals surface area (Å²) < 4.78 is 0. The van der Waals surface area contributed by atoms with Crippen molar-refractivity contribution in [2.24, 2.45) is 0 Å². The number of nitrogens with zero attached hydrogens (tertiary/aromatic N) is 1. The topological polar surface area (TPSA) is 44.4 Å². The molecule has 16 heavy (non-hydrogen) atoms. The van der Waals surface area contributed by atoms with E-state index in [1.54, 1.807) is 0 Å². The molecule has 1 saturated heterocycles. The van der Waals surface area contributed by atoms with Gasteiger partial charge in [-0.15, -0.1) is 0 Å². The van der Waals surface area contributed by atoms with E-state index >= 15 is 0 Å². The van der Waals surface area contributed by atoms with Crippen molar-refractivity contribution < 1.29 is 4.79 Å². The molecule has 1 aliphatic heterocycles. The number of unbranched alkanes of at least 4 members (excludes halogenated alkanes) is 3. The van der Waals surface area contributed by atoms with Crippen LogP contribution in [0.4, 0.5) is 4.79 Å². The second-order valence-corrected chi connectivity index (χ2v) is 4.50. The van der Waals surface area contributed by atoms with Crippen LogP contribution in [0.3, 0.4) is 0 Å². The minimum atomic E-state index is 0.111. The van der Waals surface area contributed by atoms with Gasteiger partial charge in [-0.25, -0.2) is 4.79 Å². The summed E-state index contributed by atoms with van der Waals surface area (Å²) >= 11 is 0. The van der Waals surface area contributed by atoms with E-state index in [2.05, 4.69) is 24.5 Å². The maximum Gasteiger partial charge on any atom is 0.317 e. The molecule has 1 atom stereocenters. The number of nitrogens with one attached hydrogen (secondary N) is 2. The normalized spacial score (nSPS) is 20.2. The fourth-order valence-electron chi connectivity index (χ4n) is 2.03. The van der Waals surface area contributed by atoms with E-state index in [1.807, 2.05) is 4.90 Å². The molecule has 1 fully saturated rings. The second kappa shape index (κ2) is 7.49. The predicted octanol–water partition coefficient (Wildman–Crippen LogP) is 1.57. The molecular weight excluding hydrogens is 202 g/mol. The van der Waals surface area contributed by atoms with Crippen LogP contribution in [0.15, 0.2) is 0 Å². The van der Waals surface area contributed by atoms with Crippen molar-refractivity contribution in [2.45, 2.75) is 45.6 Å². The van der Waals surface area contributed by atoms with Crippen molar-refractivity contribution in [3.63, 3.8) is 0 Å². The van der Waals surface area contributed by atoms with Gasteiger partial charge in [-0.05, 0) is 32.9 Å². The molecule has 4 heteroatoms. The zero-order valence-corrected chi connectivity index (χ0v) is 10.6. The lowest BCUT2D eigenvalue weighted by Gasteiger charge is -2.19. The van der Waals surface area contributed by atoms with Crippen molar-refractivity contribution in [2.75, 3.05) is 26.2 Å². The van der Waals surface area contributed by atoms with Crippen molar-refractivity contribution in [3.05, 3.63) is 0 Å². The van der Waals surface area contributed by atoms with Crippen LogP contribution in [-0.4, -0.2) is 43.2 Å². The Bertz CT molecular complexity index is 208. The van der Waals surface area contributed by atoms with Crippen LogP contribution < -0.4 is 10.6 Å². The van der Waals surface area contributed by atoms with E-state index in [-0.39, 0.29) is 6.03 Å². The number of rotatable bonds is 8. The van der Waals surface area contributed by atoms with Crippen molar-refractivity contribution >= 4 is 6.03 Å². The van der Waals surface area contributed by atoms with Gasteiger partial charge < -0.3 is 15.5 Å². The molecule has 0 aromatic heterocycles. The van der Waals surface area contributed by atoms with Crippen LogP contribution in [0.1, 0.15) is 39.5 Å². The Balaban J connectivity index is 1.96. The second-order valence-electron chi connectivity index (χ2n) is 4.50. The summed E-state index contributed by atoms with van der Waals surface area (Å²) in [6.07, 6.45) is 4.86. The highest BCUT2D eigenvalue weighted by atomic mass is 16.2. The highest BCUT2D eigenvalue weighted by Gasteiger charge is 2.25. The van der Waals surface area contributed by atoms with E-state index in [0.717, 1.165) is 32.6 Å². The molecule has 0 aliphatic carbocycles. The number of amides is 2. The number of carbonyl (C=O) groups is 1. The first-order valence-electron chi connectivity index (χ1n) is 6.51. The zero-order valence-electron chi connectivity index (χ0n) is 10.6. The van der Waals surface area contributed by atoms with Gasteiger partial charge in [0, 0.05) is 19.1 Å². The largest absolute Gasteiger partial charge is 0.336 e. The Hall–Kier alpha value is -0.770. The number of hydrogen-bond donors (Lipinski definition) is 2. The van der Waals surface area contributed by atoms with Crippen molar-refractivity contribution in [1.29, 1.82) is 0 Å². The van der Waals surface area contributed by atoms with Gasteiger partial charge in [0.25, 0.3) is 0 Å². The minimum absolute atomic E-state index is 0.111. The molecule has 94 valence electrons. The molecule has 0 aromatic carbocycles. The van der Waals surface area contributed by atoms with E-state index in [9.17, 15) is 4.79 Å². The van der Waals surface area contributed by atoms with Gasteiger partial charge in [-0.2, -0.15) is 0 Å². The average molecular weight is 227 g/mol. The quantitative estimate of drug-likeness (QED) is 0.618. The van der Waals surface area contributed by atoms with Gasteiger partial charge in [0.1, 0.15) is 0 Å². The first-order valence-corrected chi connectivity index (χ1v) is 6.51. The summed E-state index contributed by atoms with van der Waals surface area (Å²) in [7, 11) is 0. The summed E-state index contributed by atoms with van der Waals surface area (Å²) in [5.41, 5.74) is 0. The first kappa shape index (κ1) is 13.3. The van der Waals surface area contributed by atoms with Crippen LogP contribution >= 0.6 is 0 Å². The zero-order chi connectivity index (χ0) is 11.8. The van der Waals surface area contributed by atoms with Gasteiger partial charge in [0.15, 0.2) is 0 Å². The summed E-state index contributed by atoms with van der Waals surface area (Å²) in [6.45, 7) is 8.13. The van der Waals surface area contributed by atoms with Gasteiger partial charge in [-0.3, -0.25) is 0 Å². The number of hydrogen-bond acceptors (Lipinski definition) is 2. The third-order valence-corrected chi connectivity index (χ3v) is 3.09. The molecule has 0 radical (unpaired) electrons. The molecular formula is C12H25N3O. The first-order chi connectivity index (χ1) is 7.75. The third-order valence-electron chi connectivity index (χ3n) is 3.09. The molecule has 1 rings (SSSR count). The Morgan fingerprint density at radius 2 is 2.12 bits per heavy atom. The van der Waals surface area contributed by atoms with Crippen LogP contribution in [0, 0.1) is 0 Å². The standard InChI is InChI=1S/C12H25N3O/c1-3-13-8-6-4-5-7-9-15-11(2)10-14-12(15)16/h11,13H,3-10H2,1-2H3,(H,14,16). The summed E-state index contributed by atoms with van der Waals surface area (Å²) in [6, 6.07) is 0.481. The lowest BCUT2D eigenvalue weighted by Crippen LogP contribution is -2.33. The van der Waals surface area contributed by atoms with E-state index in [0.29, 0.717) is 6.04 Å². The average Bonchev–Trinajstić information content (AvgIpc) is 2.59. The molecule has 2 N–H and O–H groups in total. The number of carbonyl (C=O) groups excluding carboxylic acids is 1. The summed E-state index contributed by atoms with van der Waals surface area (Å²) in [4.78, 5) is 13.3. The van der Waals surface area contributed by atoms with Crippen LogP contribution in [0.25, 0.3) is 0 Å². The van der Waals surface area contributed by atoms with E-state index in [1.165, 1.54) is 19.3 Å². The predicted molar refractivity (Wildman–Crippen MR) is 66.6 cm³/mol. The lowest BCUT2D eigenvalue weighted by atomic mass is 10.2. The summed E-state index contributed by atoms with van der Waals surface area (Å²) in [5.74, 6) is 0. The molecule has 0 saturated carbocycles. The Morgan fingerprint density at radius 3 is 2.75 bits per heavy atom. The molecule has 4 nitrogen and oxygen atoms in total. The molecule has 0 spiro atoms. The van der Waals surface area contributed by atoms with Crippen LogP contribution in [0.5, 0.6) is 0 Å². The Morgan fingerprint density at radius 1 is 1.38 bits per heavy atom. The molecule has 2 amide bonds.